The molecule has 1 aliphatic rings. The highest BCUT2D eigenvalue weighted by atomic mass is 32.2. The first kappa shape index (κ1) is 18.7. The van der Waals surface area contributed by atoms with E-state index in [2.05, 4.69) is 4.98 Å². The van der Waals surface area contributed by atoms with Crippen molar-refractivity contribution >= 4 is 27.5 Å². The summed E-state index contributed by atoms with van der Waals surface area (Å²) >= 11 is 0. The van der Waals surface area contributed by atoms with Crippen molar-refractivity contribution in [3.8, 4) is 0 Å². The van der Waals surface area contributed by atoms with Gasteiger partial charge < -0.3 is 10.0 Å². The van der Waals surface area contributed by atoms with Gasteiger partial charge in [-0.05, 0) is 18.2 Å². The number of pyridine rings is 1. The molecule has 0 aliphatic carbocycles. The molecule has 10 nitrogen and oxygen atoms in total. The largest absolute Gasteiger partial charge is 0.477 e. The number of anilines is 1. The number of hydrogen-bond acceptors (Lipinski definition) is 7. The Morgan fingerprint density at radius 1 is 1.07 bits per heavy atom. The predicted octanol–water partition coefficient (Wildman–Crippen LogP) is 1.20. The summed E-state index contributed by atoms with van der Waals surface area (Å²) < 4.78 is 26.8. The van der Waals surface area contributed by atoms with Gasteiger partial charge in [0.1, 0.15) is 5.82 Å². The number of carboxylic acids is 1. The number of aromatic nitrogens is 1. The Labute approximate surface area is 154 Å². The smallest absolute Gasteiger partial charge is 0.354 e. The number of nitro benzene ring substituents is 1. The first-order chi connectivity index (χ1) is 12.8. The van der Waals surface area contributed by atoms with Crippen LogP contribution >= 0.6 is 0 Å². The molecular formula is C16H16N4O6S. The maximum absolute atomic E-state index is 12.8. The number of hydrogen-bond donors (Lipinski definition) is 1. The minimum atomic E-state index is -4.01. The zero-order chi connectivity index (χ0) is 19.6. The Bertz CT molecular complexity index is 986. The van der Waals surface area contributed by atoms with Gasteiger partial charge in [-0.3, -0.25) is 10.1 Å². The molecule has 2 aromatic rings. The fourth-order valence-corrected chi connectivity index (χ4v) is 4.42. The van der Waals surface area contributed by atoms with Crippen LogP contribution in [0.15, 0.2) is 47.4 Å². The monoisotopic (exact) mass is 392 g/mol. The standard InChI is InChI=1S/C16H16N4O6S/c21-16(22)12-4-3-7-15(17-12)18-8-10-19(11-9-18)27(25,26)14-6-2-1-5-13(14)20(23)24/h1-7H,8-11H2,(H,21,22). The molecule has 0 saturated carbocycles. The predicted molar refractivity (Wildman–Crippen MR) is 95.3 cm³/mol. The van der Waals surface area contributed by atoms with E-state index in [-0.39, 0.29) is 36.8 Å². The van der Waals surface area contributed by atoms with Gasteiger partial charge in [-0.25, -0.2) is 18.2 Å². The van der Waals surface area contributed by atoms with Gasteiger partial charge >= 0.3 is 5.97 Å². The van der Waals surface area contributed by atoms with Crippen LogP contribution in [0.25, 0.3) is 0 Å². The van der Waals surface area contributed by atoms with E-state index in [1.165, 1.54) is 28.6 Å². The number of sulfonamides is 1. The van der Waals surface area contributed by atoms with E-state index in [1.807, 2.05) is 0 Å². The number of piperazine rings is 1. The molecule has 0 radical (unpaired) electrons. The van der Waals surface area contributed by atoms with Crippen LogP contribution in [0.1, 0.15) is 10.5 Å². The molecule has 0 spiro atoms. The summed E-state index contributed by atoms with van der Waals surface area (Å²) in [5.41, 5.74) is -0.557. The highest BCUT2D eigenvalue weighted by Crippen LogP contribution is 2.27. The van der Waals surface area contributed by atoms with Crippen LogP contribution in [0.3, 0.4) is 0 Å². The third-order valence-corrected chi connectivity index (χ3v) is 6.14. The second-order valence-electron chi connectivity index (χ2n) is 5.80. The van der Waals surface area contributed by atoms with Crippen molar-refractivity contribution in [3.05, 3.63) is 58.3 Å². The second kappa shape index (κ2) is 7.29. The van der Waals surface area contributed by atoms with E-state index in [0.29, 0.717) is 5.82 Å². The third kappa shape index (κ3) is 3.73. The fourth-order valence-electron chi connectivity index (χ4n) is 2.84. The van der Waals surface area contributed by atoms with Crippen molar-refractivity contribution in [2.75, 3.05) is 31.1 Å². The van der Waals surface area contributed by atoms with Crippen LogP contribution in [-0.4, -0.2) is 59.9 Å². The molecule has 3 rings (SSSR count). The van der Waals surface area contributed by atoms with E-state index < -0.39 is 26.6 Å². The zero-order valence-electron chi connectivity index (χ0n) is 14.1. The summed E-state index contributed by atoms with van der Waals surface area (Å²) in [6.45, 7) is 0.784. The normalized spacial score (nSPS) is 15.5. The van der Waals surface area contributed by atoms with Gasteiger partial charge in [0, 0.05) is 32.2 Å². The van der Waals surface area contributed by atoms with Gasteiger partial charge in [0.15, 0.2) is 10.6 Å². The number of nitro groups is 1. The molecule has 1 aliphatic heterocycles. The van der Waals surface area contributed by atoms with Gasteiger partial charge in [-0.1, -0.05) is 18.2 Å². The second-order valence-corrected chi connectivity index (χ2v) is 7.71. The molecule has 0 atom stereocenters. The van der Waals surface area contributed by atoms with E-state index in [0.717, 1.165) is 6.07 Å². The Hall–Kier alpha value is -3.05. The van der Waals surface area contributed by atoms with Crippen LogP contribution in [0, 0.1) is 10.1 Å². The van der Waals surface area contributed by atoms with Gasteiger partial charge in [0.25, 0.3) is 5.69 Å². The van der Waals surface area contributed by atoms with Gasteiger partial charge in [-0.2, -0.15) is 4.31 Å². The lowest BCUT2D eigenvalue weighted by Crippen LogP contribution is -2.49. The third-order valence-electron chi connectivity index (χ3n) is 4.20. The van der Waals surface area contributed by atoms with E-state index in [9.17, 15) is 23.3 Å². The van der Waals surface area contributed by atoms with Gasteiger partial charge in [-0.15, -0.1) is 0 Å². The summed E-state index contributed by atoms with van der Waals surface area (Å²) in [7, 11) is -4.01. The Morgan fingerprint density at radius 2 is 1.74 bits per heavy atom. The van der Waals surface area contributed by atoms with Crippen molar-refractivity contribution in [1.29, 1.82) is 0 Å². The van der Waals surface area contributed by atoms with Crippen molar-refractivity contribution in [1.82, 2.24) is 9.29 Å². The van der Waals surface area contributed by atoms with Crippen molar-refractivity contribution < 1.29 is 23.2 Å². The summed E-state index contributed by atoms with van der Waals surface area (Å²) in [6.07, 6.45) is 0. The van der Waals surface area contributed by atoms with Crippen LogP contribution in [-0.2, 0) is 10.0 Å². The van der Waals surface area contributed by atoms with Crippen LogP contribution in [0.2, 0.25) is 0 Å². The van der Waals surface area contributed by atoms with Crippen molar-refractivity contribution in [3.63, 3.8) is 0 Å². The number of benzene rings is 1. The van der Waals surface area contributed by atoms with Crippen molar-refractivity contribution in [2.24, 2.45) is 0 Å². The summed E-state index contributed by atoms with van der Waals surface area (Å²) in [5, 5.41) is 20.2. The number of nitrogens with zero attached hydrogens (tertiary/aromatic N) is 4. The lowest BCUT2D eigenvalue weighted by atomic mass is 10.3. The molecule has 1 saturated heterocycles. The molecular weight excluding hydrogens is 376 g/mol. The number of carbonyl (C=O) groups is 1. The molecule has 142 valence electrons. The van der Waals surface area contributed by atoms with Crippen molar-refractivity contribution in [2.45, 2.75) is 4.90 Å². The maximum atomic E-state index is 12.8. The topological polar surface area (TPSA) is 134 Å². The maximum Gasteiger partial charge on any atom is 0.354 e. The minimum Gasteiger partial charge on any atom is -0.477 e. The lowest BCUT2D eigenvalue weighted by Gasteiger charge is -2.34. The zero-order valence-corrected chi connectivity index (χ0v) is 14.9. The van der Waals surface area contributed by atoms with Gasteiger partial charge in [0.05, 0.1) is 4.92 Å². The highest BCUT2D eigenvalue weighted by molar-refractivity contribution is 7.89. The molecule has 1 N–H and O–H groups in total. The molecule has 0 amide bonds. The number of aromatic carboxylic acids is 1. The molecule has 1 aromatic heterocycles. The number of carboxylic acid groups (broad SMARTS) is 1. The quantitative estimate of drug-likeness (QED) is 0.592. The molecule has 1 aromatic carbocycles. The highest BCUT2D eigenvalue weighted by Gasteiger charge is 2.33. The SMILES string of the molecule is O=C(O)c1cccc(N2CCN(S(=O)(=O)c3ccccc3[N+](=O)[O-])CC2)n1. The van der Waals surface area contributed by atoms with Crippen LogP contribution in [0.5, 0.6) is 0 Å². The molecule has 11 heteroatoms. The van der Waals surface area contributed by atoms with Crippen LogP contribution in [0.4, 0.5) is 11.5 Å². The first-order valence-electron chi connectivity index (χ1n) is 7.99. The van der Waals surface area contributed by atoms with Crippen LogP contribution < -0.4 is 4.90 Å². The van der Waals surface area contributed by atoms with Gasteiger partial charge in [0.2, 0.25) is 10.0 Å². The summed E-state index contributed by atoms with van der Waals surface area (Å²) in [4.78, 5) is 26.9. The van der Waals surface area contributed by atoms with E-state index >= 15 is 0 Å². The Balaban J connectivity index is 1.79. The molecule has 27 heavy (non-hydrogen) atoms. The molecule has 0 unspecified atom stereocenters. The summed E-state index contributed by atoms with van der Waals surface area (Å²) in [5.74, 6) is -0.702. The first-order valence-corrected chi connectivity index (χ1v) is 9.43. The van der Waals surface area contributed by atoms with E-state index in [1.54, 1.807) is 17.0 Å². The number of para-hydroxylation sites is 1. The fraction of sp³-hybridized carbons (Fsp3) is 0.250. The average Bonchev–Trinajstić information content (AvgIpc) is 2.68. The Kier molecular flexibility index (Phi) is 5.06. The van der Waals surface area contributed by atoms with E-state index in [4.69, 9.17) is 5.11 Å². The molecule has 1 fully saturated rings. The molecule has 0 bridgehead atoms. The Morgan fingerprint density at radius 3 is 2.37 bits per heavy atom. The molecule has 2 heterocycles. The average molecular weight is 392 g/mol. The lowest BCUT2D eigenvalue weighted by molar-refractivity contribution is -0.387. The number of rotatable bonds is 5. The summed E-state index contributed by atoms with van der Waals surface area (Å²) in [6, 6.07) is 9.83. The minimum absolute atomic E-state index is 0.0949.